The van der Waals surface area contributed by atoms with E-state index >= 15 is 0 Å². The Morgan fingerprint density at radius 3 is 2.67 bits per heavy atom. The second-order valence-electron chi connectivity index (χ2n) is 5.56. The highest BCUT2D eigenvalue weighted by Crippen LogP contribution is 2.16. The average molecular weight is 288 g/mol. The van der Waals surface area contributed by atoms with E-state index in [0.29, 0.717) is 11.4 Å². The molecule has 1 aromatic carbocycles. The summed E-state index contributed by atoms with van der Waals surface area (Å²) in [6.07, 6.45) is 1.00. The number of amides is 1. The van der Waals surface area contributed by atoms with Crippen molar-refractivity contribution < 1.29 is 9.90 Å². The van der Waals surface area contributed by atoms with Crippen molar-refractivity contribution in [2.24, 2.45) is 0 Å². The molecule has 2 rings (SSSR count). The summed E-state index contributed by atoms with van der Waals surface area (Å²) < 4.78 is 1.56. The standard InChI is InChI=1S/C15H20N4O2/c1-10(20)15(2,3)17-14(21)12-8-9-19(18-12)13-7-5-4-6-11(13)16/h4-10,20H,16H2,1-3H3,(H,17,21). The van der Waals surface area contributed by atoms with E-state index in [1.54, 1.807) is 43.8 Å². The monoisotopic (exact) mass is 288 g/mol. The lowest BCUT2D eigenvalue weighted by molar-refractivity contribution is 0.0705. The van der Waals surface area contributed by atoms with Crippen LogP contribution >= 0.6 is 0 Å². The molecule has 2 aromatic rings. The molecule has 0 spiro atoms. The highest BCUT2D eigenvalue weighted by molar-refractivity contribution is 5.92. The van der Waals surface area contributed by atoms with Crippen molar-refractivity contribution in [2.45, 2.75) is 32.4 Å². The number of hydrogen-bond donors (Lipinski definition) is 3. The molecule has 0 saturated heterocycles. The molecule has 1 heterocycles. The Bertz CT molecular complexity index is 647. The maximum atomic E-state index is 12.2. The van der Waals surface area contributed by atoms with Crippen LogP contribution in [0.4, 0.5) is 5.69 Å². The number of nitrogens with zero attached hydrogens (tertiary/aromatic N) is 2. The smallest absolute Gasteiger partial charge is 0.272 e. The van der Waals surface area contributed by atoms with E-state index in [-0.39, 0.29) is 11.6 Å². The van der Waals surface area contributed by atoms with E-state index in [0.717, 1.165) is 0 Å². The van der Waals surface area contributed by atoms with Gasteiger partial charge >= 0.3 is 0 Å². The van der Waals surface area contributed by atoms with Gasteiger partial charge in [0.2, 0.25) is 0 Å². The van der Waals surface area contributed by atoms with Gasteiger partial charge in [0.1, 0.15) is 0 Å². The van der Waals surface area contributed by atoms with Crippen molar-refractivity contribution in [1.82, 2.24) is 15.1 Å². The molecule has 0 aliphatic carbocycles. The number of nitrogens with two attached hydrogens (primary N) is 1. The van der Waals surface area contributed by atoms with Crippen LogP contribution in [0.5, 0.6) is 0 Å². The van der Waals surface area contributed by atoms with Gasteiger partial charge in [-0.2, -0.15) is 5.10 Å². The van der Waals surface area contributed by atoms with Gasteiger partial charge in [-0.3, -0.25) is 4.79 Å². The summed E-state index contributed by atoms with van der Waals surface area (Å²) in [5.41, 5.74) is 6.72. The lowest BCUT2D eigenvalue weighted by Crippen LogP contribution is -2.51. The van der Waals surface area contributed by atoms with E-state index < -0.39 is 11.6 Å². The maximum absolute atomic E-state index is 12.2. The van der Waals surface area contributed by atoms with Crippen LogP contribution in [-0.2, 0) is 0 Å². The molecule has 0 aliphatic rings. The Morgan fingerprint density at radius 2 is 2.05 bits per heavy atom. The number of aromatic nitrogens is 2. The van der Waals surface area contributed by atoms with E-state index in [4.69, 9.17) is 5.73 Å². The van der Waals surface area contributed by atoms with E-state index in [2.05, 4.69) is 10.4 Å². The van der Waals surface area contributed by atoms with Crippen molar-refractivity contribution >= 4 is 11.6 Å². The van der Waals surface area contributed by atoms with Crippen LogP contribution in [0.25, 0.3) is 5.69 Å². The Morgan fingerprint density at radius 1 is 1.38 bits per heavy atom. The fourth-order valence-corrected chi connectivity index (χ4v) is 1.74. The first kappa shape index (κ1) is 15.1. The number of anilines is 1. The summed E-state index contributed by atoms with van der Waals surface area (Å²) in [5.74, 6) is -0.339. The van der Waals surface area contributed by atoms with Crippen LogP contribution in [0, 0.1) is 0 Å². The molecule has 1 unspecified atom stereocenters. The first-order valence-corrected chi connectivity index (χ1v) is 6.72. The van der Waals surface area contributed by atoms with Gasteiger partial charge in [0, 0.05) is 6.20 Å². The second kappa shape index (κ2) is 5.57. The highest BCUT2D eigenvalue weighted by atomic mass is 16.3. The normalized spacial score (nSPS) is 13.0. The molecule has 0 saturated carbocycles. The molecule has 0 aliphatic heterocycles. The topological polar surface area (TPSA) is 93.2 Å². The summed E-state index contributed by atoms with van der Waals surface area (Å²) in [6, 6.07) is 8.89. The van der Waals surface area contributed by atoms with Gasteiger partial charge in [-0.1, -0.05) is 12.1 Å². The second-order valence-corrected chi connectivity index (χ2v) is 5.56. The van der Waals surface area contributed by atoms with Crippen LogP contribution in [-0.4, -0.2) is 32.4 Å². The van der Waals surface area contributed by atoms with E-state index in [9.17, 15) is 9.90 Å². The number of benzene rings is 1. The molecule has 112 valence electrons. The number of para-hydroxylation sites is 2. The summed E-state index contributed by atoms with van der Waals surface area (Å²) >= 11 is 0. The van der Waals surface area contributed by atoms with Crippen molar-refractivity contribution in [3.8, 4) is 5.69 Å². The van der Waals surface area contributed by atoms with Gasteiger partial charge in [0.15, 0.2) is 5.69 Å². The Balaban J connectivity index is 2.21. The van der Waals surface area contributed by atoms with Crippen LogP contribution in [0.1, 0.15) is 31.3 Å². The first-order chi connectivity index (χ1) is 9.81. The number of hydrogen-bond acceptors (Lipinski definition) is 4. The van der Waals surface area contributed by atoms with Gasteiger partial charge in [-0.15, -0.1) is 0 Å². The average Bonchev–Trinajstić information content (AvgIpc) is 2.88. The molecule has 0 bridgehead atoms. The Hall–Kier alpha value is -2.34. The van der Waals surface area contributed by atoms with Crippen LogP contribution in [0.2, 0.25) is 0 Å². The summed E-state index contributed by atoms with van der Waals surface area (Å²) in [4.78, 5) is 12.2. The van der Waals surface area contributed by atoms with E-state index in [1.807, 2.05) is 18.2 Å². The number of aliphatic hydroxyl groups is 1. The van der Waals surface area contributed by atoms with Crippen molar-refractivity contribution in [3.63, 3.8) is 0 Å². The number of carbonyl (C=O) groups excluding carboxylic acids is 1. The van der Waals surface area contributed by atoms with Gasteiger partial charge in [-0.05, 0) is 39.0 Å². The van der Waals surface area contributed by atoms with Crippen molar-refractivity contribution in [1.29, 1.82) is 0 Å². The molecular weight excluding hydrogens is 268 g/mol. The minimum Gasteiger partial charge on any atom is -0.397 e. The van der Waals surface area contributed by atoms with Crippen molar-refractivity contribution in [2.75, 3.05) is 5.73 Å². The third-order valence-electron chi connectivity index (χ3n) is 3.49. The fraction of sp³-hybridized carbons (Fsp3) is 0.333. The molecular formula is C15H20N4O2. The van der Waals surface area contributed by atoms with Gasteiger partial charge in [0.05, 0.1) is 23.0 Å². The molecule has 6 nitrogen and oxygen atoms in total. The number of carbonyl (C=O) groups is 1. The van der Waals surface area contributed by atoms with Crippen LogP contribution < -0.4 is 11.1 Å². The molecule has 6 heteroatoms. The third kappa shape index (κ3) is 3.22. The SMILES string of the molecule is CC(O)C(C)(C)NC(=O)c1ccn(-c2ccccc2N)n1. The number of aliphatic hydroxyl groups excluding tert-OH is 1. The fourth-order valence-electron chi connectivity index (χ4n) is 1.74. The molecule has 1 atom stereocenters. The number of rotatable bonds is 4. The lowest BCUT2D eigenvalue weighted by atomic mass is 9.99. The number of nitrogen functional groups attached to an aromatic ring is 1. The summed E-state index contributed by atoms with van der Waals surface area (Å²) in [7, 11) is 0. The molecule has 1 amide bonds. The zero-order chi connectivity index (χ0) is 15.6. The van der Waals surface area contributed by atoms with Crippen LogP contribution in [0.15, 0.2) is 36.5 Å². The largest absolute Gasteiger partial charge is 0.397 e. The lowest BCUT2D eigenvalue weighted by Gasteiger charge is -2.28. The van der Waals surface area contributed by atoms with E-state index in [1.165, 1.54) is 0 Å². The van der Waals surface area contributed by atoms with Gasteiger partial charge in [-0.25, -0.2) is 4.68 Å². The van der Waals surface area contributed by atoms with Crippen molar-refractivity contribution in [3.05, 3.63) is 42.2 Å². The molecule has 21 heavy (non-hydrogen) atoms. The zero-order valence-corrected chi connectivity index (χ0v) is 12.4. The summed E-state index contributed by atoms with van der Waals surface area (Å²) in [5, 5.41) is 16.6. The third-order valence-corrected chi connectivity index (χ3v) is 3.49. The summed E-state index contributed by atoms with van der Waals surface area (Å²) in [6.45, 7) is 5.13. The quantitative estimate of drug-likeness (QED) is 0.740. The zero-order valence-electron chi connectivity index (χ0n) is 12.4. The minimum atomic E-state index is -0.730. The first-order valence-electron chi connectivity index (χ1n) is 6.72. The minimum absolute atomic E-state index is 0.270. The van der Waals surface area contributed by atoms with Gasteiger partial charge in [0.25, 0.3) is 5.91 Å². The molecule has 0 fully saturated rings. The Labute approximate surface area is 123 Å². The predicted octanol–water partition coefficient (Wildman–Crippen LogP) is 1.34. The number of nitrogens with one attached hydrogen (secondary N) is 1. The molecule has 1 aromatic heterocycles. The maximum Gasteiger partial charge on any atom is 0.272 e. The van der Waals surface area contributed by atoms with Gasteiger partial charge < -0.3 is 16.2 Å². The highest BCUT2D eigenvalue weighted by Gasteiger charge is 2.27. The molecule has 4 N–H and O–H groups in total. The molecule has 0 radical (unpaired) electrons. The predicted molar refractivity (Wildman–Crippen MR) is 81.2 cm³/mol. The Kier molecular flexibility index (Phi) is 3.99. The van der Waals surface area contributed by atoms with Crippen LogP contribution in [0.3, 0.4) is 0 Å².